The molecule has 4 aromatic rings. The van der Waals surface area contributed by atoms with Gasteiger partial charge in [-0.25, -0.2) is 9.18 Å². The minimum absolute atomic E-state index is 0.124. The molecule has 216 valence electrons. The summed E-state index contributed by atoms with van der Waals surface area (Å²) in [5.74, 6) is 0.0284. The summed E-state index contributed by atoms with van der Waals surface area (Å²) in [6.45, 7) is 2.32. The van der Waals surface area contributed by atoms with E-state index >= 15 is 0 Å². The third-order valence-electron chi connectivity index (χ3n) is 7.12. The summed E-state index contributed by atoms with van der Waals surface area (Å²) in [5, 5.41) is 0. The number of ether oxygens (including phenoxy) is 4. The highest BCUT2D eigenvalue weighted by molar-refractivity contribution is 5.89. The van der Waals surface area contributed by atoms with Crippen LogP contribution in [0.5, 0.6) is 17.2 Å². The van der Waals surface area contributed by atoms with Crippen LogP contribution in [0.2, 0.25) is 0 Å². The Kier molecular flexibility index (Phi) is 9.02. The molecule has 1 heterocycles. The summed E-state index contributed by atoms with van der Waals surface area (Å²) >= 11 is 0. The van der Waals surface area contributed by atoms with Gasteiger partial charge in [0.15, 0.2) is 11.5 Å². The van der Waals surface area contributed by atoms with Crippen molar-refractivity contribution >= 4 is 11.9 Å². The lowest BCUT2D eigenvalue weighted by molar-refractivity contribution is -0.158. The molecule has 8 heteroatoms. The van der Waals surface area contributed by atoms with Crippen molar-refractivity contribution in [2.45, 2.75) is 38.6 Å². The first-order valence-electron chi connectivity index (χ1n) is 13.8. The lowest BCUT2D eigenvalue weighted by Gasteiger charge is -2.38. The minimum atomic E-state index is -1.08. The highest BCUT2D eigenvalue weighted by atomic mass is 19.1. The Morgan fingerprint density at radius 3 is 2.29 bits per heavy atom. The molecular formula is C34H32FNO6. The van der Waals surface area contributed by atoms with Crippen molar-refractivity contribution in [3.05, 3.63) is 125 Å². The number of fused-ring (bicyclic) bond motifs is 1. The maximum absolute atomic E-state index is 14.3. The van der Waals surface area contributed by atoms with Crippen LogP contribution in [-0.2, 0) is 33.9 Å². The van der Waals surface area contributed by atoms with E-state index in [9.17, 15) is 14.0 Å². The summed E-state index contributed by atoms with van der Waals surface area (Å²) in [5.41, 5.74) is 3.18. The number of halogens is 1. The van der Waals surface area contributed by atoms with E-state index in [-0.39, 0.29) is 19.6 Å². The van der Waals surface area contributed by atoms with Crippen LogP contribution < -0.4 is 14.2 Å². The zero-order chi connectivity index (χ0) is 29.5. The van der Waals surface area contributed by atoms with Crippen molar-refractivity contribution in [1.82, 2.24) is 4.90 Å². The van der Waals surface area contributed by atoms with Crippen LogP contribution in [0.1, 0.15) is 35.3 Å². The molecule has 0 aromatic heterocycles. The Hall–Kier alpha value is -4.85. The van der Waals surface area contributed by atoms with Gasteiger partial charge in [-0.3, -0.25) is 4.79 Å². The molecule has 0 radical (unpaired) electrons. The number of benzene rings is 4. The Morgan fingerprint density at radius 1 is 0.929 bits per heavy atom. The van der Waals surface area contributed by atoms with Crippen molar-refractivity contribution in [1.29, 1.82) is 0 Å². The fraction of sp³-hybridized carbons (Fsp3) is 0.235. The maximum Gasteiger partial charge on any atom is 0.329 e. The van der Waals surface area contributed by atoms with Gasteiger partial charge < -0.3 is 23.8 Å². The molecule has 1 aliphatic rings. The molecule has 0 saturated carbocycles. The number of hydrogen-bond acceptors (Lipinski definition) is 6. The molecule has 0 saturated heterocycles. The topological polar surface area (TPSA) is 74.3 Å². The number of carbonyl (C=O) groups excluding carboxylic acids is 2. The molecule has 0 fully saturated rings. The number of rotatable bonds is 10. The largest absolute Gasteiger partial charge is 0.493 e. The van der Waals surface area contributed by atoms with Gasteiger partial charge in [0.2, 0.25) is 6.10 Å². The lowest BCUT2D eigenvalue weighted by Crippen LogP contribution is -2.51. The molecule has 1 aliphatic heterocycles. The van der Waals surface area contributed by atoms with E-state index in [1.807, 2.05) is 42.5 Å². The molecule has 2 atom stereocenters. The highest BCUT2D eigenvalue weighted by Gasteiger charge is 2.41. The van der Waals surface area contributed by atoms with Gasteiger partial charge in [0.25, 0.3) is 5.91 Å². The molecule has 4 aromatic carbocycles. The normalized spacial score (nSPS) is 14.8. The van der Waals surface area contributed by atoms with Crippen LogP contribution in [0.3, 0.4) is 0 Å². The summed E-state index contributed by atoms with van der Waals surface area (Å²) in [4.78, 5) is 29.1. The molecule has 0 N–H and O–H groups in total. The highest BCUT2D eigenvalue weighted by Crippen LogP contribution is 2.40. The first kappa shape index (κ1) is 28.7. The Labute approximate surface area is 244 Å². The van der Waals surface area contributed by atoms with E-state index < -0.39 is 29.8 Å². The second-order valence-corrected chi connectivity index (χ2v) is 9.81. The van der Waals surface area contributed by atoms with Crippen molar-refractivity contribution in [2.24, 2.45) is 0 Å². The van der Waals surface area contributed by atoms with Gasteiger partial charge in [0.1, 0.15) is 24.2 Å². The van der Waals surface area contributed by atoms with Crippen molar-refractivity contribution in [3.63, 3.8) is 0 Å². The zero-order valence-electron chi connectivity index (χ0n) is 23.5. The molecule has 5 rings (SSSR count). The van der Waals surface area contributed by atoms with Gasteiger partial charge in [0.05, 0.1) is 13.7 Å². The second-order valence-electron chi connectivity index (χ2n) is 9.81. The molecule has 2 unspecified atom stereocenters. The van der Waals surface area contributed by atoms with Crippen molar-refractivity contribution < 1.29 is 32.9 Å². The number of nitrogens with zero attached hydrogens (tertiary/aromatic N) is 1. The van der Waals surface area contributed by atoms with E-state index in [0.29, 0.717) is 29.4 Å². The van der Waals surface area contributed by atoms with Gasteiger partial charge in [-0.05, 0) is 48.4 Å². The molecule has 0 spiro atoms. The van der Waals surface area contributed by atoms with Gasteiger partial charge in [-0.2, -0.15) is 0 Å². The average molecular weight is 570 g/mol. The molecule has 0 aliphatic carbocycles. The van der Waals surface area contributed by atoms with Gasteiger partial charge in [-0.15, -0.1) is 0 Å². The smallest absolute Gasteiger partial charge is 0.329 e. The van der Waals surface area contributed by atoms with Crippen LogP contribution in [0, 0.1) is 5.82 Å². The molecular weight excluding hydrogens is 537 g/mol. The first-order chi connectivity index (χ1) is 20.5. The fourth-order valence-corrected chi connectivity index (χ4v) is 5.03. The van der Waals surface area contributed by atoms with E-state index in [4.69, 9.17) is 18.9 Å². The predicted octanol–water partition coefficient (Wildman–Crippen LogP) is 6.05. The number of amides is 1. The maximum atomic E-state index is 14.3. The summed E-state index contributed by atoms with van der Waals surface area (Å²) in [7, 11) is 1.57. The number of carbonyl (C=O) groups is 2. The standard InChI is InChI=1S/C34H32FNO6/c1-3-40-34(38)29-20-28-25(14-19-30(39-2)32(28)41-22-23-10-6-4-7-11-23)21-36(29)33(37)31(24-12-8-5-9-13-24)42-27-17-15-26(35)16-18-27/h4-19,29,31H,3,20-22H2,1-2H3. The number of esters is 1. The predicted molar refractivity (Wildman–Crippen MR) is 155 cm³/mol. The summed E-state index contributed by atoms with van der Waals surface area (Å²) in [6, 6.07) is 27.0. The van der Waals surface area contributed by atoms with Crippen LogP contribution in [0.25, 0.3) is 0 Å². The molecule has 1 amide bonds. The molecule has 42 heavy (non-hydrogen) atoms. The number of methoxy groups -OCH3 is 1. The molecule has 7 nitrogen and oxygen atoms in total. The summed E-state index contributed by atoms with van der Waals surface area (Å²) in [6.07, 6.45) is -0.915. The van der Waals surface area contributed by atoms with Crippen LogP contribution in [0.4, 0.5) is 4.39 Å². The van der Waals surface area contributed by atoms with E-state index in [2.05, 4.69) is 0 Å². The Balaban J connectivity index is 1.51. The molecule has 0 bridgehead atoms. The monoisotopic (exact) mass is 569 g/mol. The zero-order valence-corrected chi connectivity index (χ0v) is 23.5. The Bertz CT molecular complexity index is 1510. The van der Waals surface area contributed by atoms with Gasteiger partial charge in [0, 0.05) is 24.1 Å². The van der Waals surface area contributed by atoms with E-state index in [1.54, 1.807) is 44.4 Å². The third kappa shape index (κ3) is 6.38. The van der Waals surface area contributed by atoms with E-state index in [1.165, 1.54) is 29.2 Å². The van der Waals surface area contributed by atoms with E-state index in [0.717, 1.165) is 16.7 Å². The summed E-state index contributed by atoms with van der Waals surface area (Å²) < 4.78 is 37.0. The minimum Gasteiger partial charge on any atom is -0.493 e. The lowest BCUT2D eigenvalue weighted by atomic mass is 9.91. The van der Waals surface area contributed by atoms with Gasteiger partial charge >= 0.3 is 5.97 Å². The first-order valence-corrected chi connectivity index (χ1v) is 13.8. The Morgan fingerprint density at radius 2 is 1.62 bits per heavy atom. The van der Waals surface area contributed by atoms with Crippen molar-refractivity contribution in [3.8, 4) is 17.2 Å². The quantitative estimate of drug-likeness (QED) is 0.217. The van der Waals surface area contributed by atoms with Gasteiger partial charge in [-0.1, -0.05) is 66.7 Å². The van der Waals surface area contributed by atoms with Crippen LogP contribution >= 0.6 is 0 Å². The van der Waals surface area contributed by atoms with Crippen LogP contribution in [-0.4, -0.2) is 36.5 Å². The van der Waals surface area contributed by atoms with Crippen molar-refractivity contribution in [2.75, 3.05) is 13.7 Å². The average Bonchev–Trinajstić information content (AvgIpc) is 3.03. The fourth-order valence-electron chi connectivity index (χ4n) is 5.03. The third-order valence-corrected chi connectivity index (χ3v) is 7.12. The van der Waals surface area contributed by atoms with Crippen LogP contribution in [0.15, 0.2) is 97.1 Å². The number of hydrogen-bond donors (Lipinski definition) is 0. The second kappa shape index (κ2) is 13.2. The SMILES string of the molecule is CCOC(=O)C1Cc2c(ccc(OC)c2OCc2ccccc2)CN1C(=O)C(Oc1ccc(F)cc1)c1ccccc1.